The SMILES string of the molecule is CNC(NO)C(C)N(C)C(=O)c1ccc(-c2ccc(C3OC=CO3)cc2)cc1. The van der Waals surface area contributed by atoms with E-state index >= 15 is 0 Å². The van der Waals surface area contributed by atoms with Crippen LogP contribution in [0.15, 0.2) is 61.1 Å². The van der Waals surface area contributed by atoms with Crippen molar-refractivity contribution in [1.29, 1.82) is 0 Å². The van der Waals surface area contributed by atoms with Crippen molar-refractivity contribution in [2.75, 3.05) is 14.1 Å². The minimum absolute atomic E-state index is 0.118. The second-order valence-electron chi connectivity index (χ2n) is 6.63. The summed E-state index contributed by atoms with van der Waals surface area (Å²) >= 11 is 0. The van der Waals surface area contributed by atoms with E-state index in [0.29, 0.717) is 5.56 Å². The number of carbonyl (C=O) groups excluding carboxylic acids is 1. The number of nitrogens with zero attached hydrogens (tertiary/aromatic N) is 1. The summed E-state index contributed by atoms with van der Waals surface area (Å²) in [6.45, 7) is 1.85. The number of hydrogen-bond acceptors (Lipinski definition) is 6. The molecule has 3 rings (SSSR count). The molecule has 0 aromatic heterocycles. The van der Waals surface area contributed by atoms with Gasteiger partial charge in [0.2, 0.25) is 0 Å². The van der Waals surface area contributed by atoms with Gasteiger partial charge in [-0.05, 0) is 37.2 Å². The molecule has 2 atom stereocenters. The molecule has 7 nitrogen and oxygen atoms in total. The number of hydrogen-bond donors (Lipinski definition) is 3. The average Bonchev–Trinajstić information content (AvgIpc) is 3.28. The zero-order valence-corrected chi connectivity index (χ0v) is 16.1. The summed E-state index contributed by atoms with van der Waals surface area (Å²) in [6, 6.07) is 15.1. The molecule has 0 spiro atoms. The number of likely N-dealkylation sites (N-methyl/N-ethyl adjacent to an activating group) is 2. The van der Waals surface area contributed by atoms with Gasteiger partial charge < -0.3 is 24.9 Å². The molecule has 2 aromatic carbocycles. The van der Waals surface area contributed by atoms with E-state index in [4.69, 9.17) is 9.47 Å². The van der Waals surface area contributed by atoms with Gasteiger partial charge in [0.05, 0.1) is 6.04 Å². The zero-order valence-electron chi connectivity index (χ0n) is 16.1. The van der Waals surface area contributed by atoms with Crippen molar-refractivity contribution in [3.63, 3.8) is 0 Å². The maximum Gasteiger partial charge on any atom is 0.266 e. The molecule has 0 fully saturated rings. The van der Waals surface area contributed by atoms with Crippen LogP contribution in [-0.4, -0.2) is 42.3 Å². The van der Waals surface area contributed by atoms with Crippen LogP contribution in [0, 0.1) is 0 Å². The van der Waals surface area contributed by atoms with Gasteiger partial charge in [-0.25, -0.2) is 0 Å². The summed E-state index contributed by atoms with van der Waals surface area (Å²) < 4.78 is 10.7. The van der Waals surface area contributed by atoms with E-state index < -0.39 is 6.17 Å². The Morgan fingerprint density at radius 3 is 2.07 bits per heavy atom. The van der Waals surface area contributed by atoms with Crippen LogP contribution in [0.25, 0.3) is 11.1 Å². The molecule has 2 aromatic rings. The highest BCUT2D eigenvalue weighted by atomic mass is 16.7. The maximum absolute atomic E-state index is 12.7. The summed E-state index contributed by atoms with van der Waals surface area (Å²) in [4.78, 5) is 14.3. The van der Waals surface area contributed by atoms with Gasteiger partial charge >= 0.3 is 0 Å². The standard InChI is InChI=1S/C21H25N3O4/c1-14(19(22-2)23-26)24(3)20(25)17-8-4-15(5-9-17)16-6-10-18(11-7-16)21-27-12-13-28-21/h4-14,19,21-23,26H,1-3H3. The summed E-state index contributed by atoms with van der Waals surface area (Å²) in [6.07, 6.45) is 2.25. The minimum atomic E-state index is -0.422. The number of nitrogens with one attached hydrogen (secondary N) is 2. The molecule has 0 saturated carbocycles. The van der Waals surface area contributed by atoms with Crippen molar-refractivity contribution >= 4 is 5.91 Å². The Morgan fingerprint density at radius 1 is 1.04 bits per heavy atom. The molecule has 1 amide bonds. The van der Waals surface area contributed by atoms with Crippen LogP contribution in [0.5, 0.6) is 0 Å². The van der Waals surface area contributed by atoms with Crippen LogP contribution >= 0.6 is 0 Å². The maximum atomic E-state index is 12.7. The van der Waals surface area contributed by atoms with Gasteiger partial charge in [0.15, 0.2) is 0 Å². The highest BCUT2D eigenvalue weighted by Crippen LogP contribution is 2.27. The fourth-order valence-electron chi connectivity index (χ4n) is 3.06. The fraction of sp³-hybridized carbons (Fsp3) is 0.286. The number of carbonyl (C=O) groups is 1. The monoisotopic (exact) mass is 383 g/mol. The Labute approximate surface area is 164 Å². The number of hydroxylamine groups is 1. The van der Waals surface area contributed by atoms with E-state index in [1.54, 1.807) is 19.0 Å². The predicted molar refractivity (Wildman–Crippen MR) is 105 cm³/mol. The number of amides is 1. The zero-order chi connectivity index (χ0) is 20.1. The normalized spacial score (nSPS) is 15.6. The smallest absolute Gasteiger partial charge is 0.266 e. The molecular formula is C21H25N3O4. The Morgan fingerprint density at radius 2 is 1.57 bits per heavy atom. The minimum Gasteiger partial charge on any atom is -0.455 e. The molecule has 1 heterocycles. The summed E-state index contributed by atoms with van der Waals surface area (Å²) in [7, 11) is 3.42. The van der Waals surface area contributed by atoms with Gasteiger partial charge in [-0.15, -0.1) is 0 Å². The van der Waals surface area contributed by atoms with Crippen LogP contribution in [0.1, 0.15) is 29.1 Å². The van der Waals surface area contributed by atoms with Crippen LogP contribution in [0.3, 0.4) is 0 Å². The van der Waals surface area contributed by atoms with Gasteiger partial charge in [-0.1, -0.05) is 36.4 Å². The van der Waals surface area contributed by atoms with Crippen LogP contribution in [0.2, 0.25) is 0 Å². The second kappa shape index (κ2) is 8.88. The summed E-state index contributed by atoms with van der Waals surface area (Å²) in [5.74, 6) is -0.118. The van der Waals surface area contributed by atoms with Crippen molar-refractivity contribution < 1.29 is 19.5 Å². The largest absolute Gasteiger partial charge is 0.455 e. The number of ether oxygens (including phenoxy) is 2. The Balaban J connectivity index is 1.69. The van der Waals surface area contributed by atoms with E-state index in [1.807, 2.05) is 55.5 Å². The third-order valence-corrected chi connectivity index (χ3v) is 4.97. The lowest BCUT2D eigenvalue weighted by molar-refractivity contribution is -0.0245. The van der Waals surface area contributed by atoms with Gasteiger partial charge in [-0.3, -0.25) is 4.79 Å². The molecule has 7 heteroatoms. The van der Waals surface area contributed by atoms with Crippen molar-refractivity contribution in [2.24, 2.45) is 0 Å². The lowest BCUT2D eigenvalue weighted by Gasteiger charge is -2.31. The van der Waals surface area contributed by atoms with Crippen LogP contribution in [0.4, 0.5) is 0 Å². The topological polar surface area (TPSA) is 83.1 Å². The van der Waals surface area contributed by atoms with Gasteiger partial charge in [0, 0.05) is 18.2 Å². The molecule has 0 saturated heterocycles. The molecule has 0 aliphatic carbocycles. The van der Waals surface area contributed by atoms with Crippen LogP contribution < -0.4 is 10.8 Å². The van der Waals surface area contributed by atoms with E-state index in [-0.39, 0.29) is 18.2 Å². The first-order valence-electron chi connectivity index (χ1n) is 9.05. The highest BCUT2D eigenvalue weighted by Gasteiger charge is 2.23. The van der Waals surface area contributed by atoms with Crippen molar-refractivity contribution in [2.45, 2.75) is 25.4 Å². The van der Waals surface area contributed by atoms with Crippen molar-refractivity contribution in [3.05, 3.63) is 72.2 Å². The fourth-order valence-corrected chi connectivity index (χ4v) is 3.06. The molecule has 148 valence electrons. The third-order valence-electron chi connectivity index (χ3n) is 4.97. The first-order chi connectivity index (χ1) is 13.5. The highest BCUT2D eigenvalue weighted by molar-refractivity contribution is 5.94. The Kier molecular flexibility index (Phi) is 6.30. The predicted octanol–water partition coefficient (Wildman–Crippen LogP) is 2.86. The van der Waals surface area contributed by atoms with Gasteiger partial charge in [-0.2, -0.15) is 5.48 Å². The molecule has 28 heavy (non-hydrogen) atoms. The van der Waals surface area contributed by atoms with Gasteiger partial charge in [0.25, 0.3) is 12.2 Å². The molecule has 3 N–H and O–H groups in total. The Bertz CT molecular complexity index is 809. The molecule has 1 aliphatic heterocycles. The van der Waals surface area contributed by atoms with E-state index in [9.17, 15) is 10.0 Å². The van der Waals surface area contributed by atoms with Crippen molar-refractivity contribution in [1.82, 2.24) is 15.7 Å². The summed E-state index contributed by atoms with van der Waals surface area (Å²) in [5.41, 5.74) is 5.74. The molecule has 2 unspecified atom stereocenters. The number of rotatable bonds is 7. The van der Waals surface area contributed by atoms with Crippen LogP contribution in [-0.2, 0) is 9.47 Å². The van der Waals surface area contributed by atoms with E-state index in [0.717, 1.165) is 16.7 Å². The second-order valence-corrected chi connectivity index (χ2v) is 6.63. The Hall–Kier alpha value is -2.87. The molecular weight excluding hydrogens is 358 g/mol. The lowest BCUT2D eigenvalue weighted by Crippen LogP contribution is -2.54. The summed E-state index contributed by atoms with van der Waals surface area (Å²) in [5, 5.41) is 12.1. The quantitative estimate of drug-likeness (QED) is 0.504. The lowest BCUT2D eigenvalue weighted by atomic mass is 10.0. The molecule has 0 bridgehead atoms. The number of benzene rings is 2. The van der Waals surface area contributed by atoms with E-state index in [1.165, 1.54) is 12.5 Å². The molecule has 0 radical (unpaired) electrons. The van der Waals surface area contributed by atoms with Gasteiger partial charge in [0.1, 0.15) is 18.7 Å². The first kappa shape index (κ1) is 19.9. The first-order valence-corrected chi connectivity index (χ1v) is 9.05. The van der Waals surface area contributed by atoms with Crippen molar-refractivity contribution in [3.8, 4) is 11.1 Å². The van der Waals surface area contributed by atoms with E-state index in [2.05, 4.69) is 10.8 Å². The average molecular weight is 383 g/mol. The third kappa shape index (κ3) is 4.17. The molecule has 1 aliphatic rings.